The van der Waals surface area contributed by atoms with Gasteiger partial charge in [-0.05, 0) is 40.9 Å². The molecule has 1 rings (SSSR count). The summed E-state index contributed by atoms with van der Waals surface area (Å²) >= 11 is 0. The molecule has 1 aromatic rings. The number of rotatable bonds is 7. The number of nitrogens with zero attached hydrogens (tertiary/aromatic N) is 2. The molecule has 2 N–H and O–H groups in total. The highest BCUT2D eigenvalue weighted by Crippen LogP contribution is 2.17. The molecule has 0 bridgehead atoms. The summed E-state index contributed by atoms with van der Waals surface area (Å²) in [5.74, 6) is 1.71. The van der Waals surface area contributed by atoms with Crippen LogP contribution in [-0.4, -0.2) is 50.7 Å². The quantitative estimate of drug-likeness (QED) is 0.598. The third kappa shape index (κ3) is 5.56. The normalized spacial score (nSPS) is 12.4. The van der Waals surface area contributed by atoms with E-state index in [1.54, 1.807) is 7.05 Å². The van der Waals surface area contributed by atoms with Gasteiger partial charge in [-0.25, -0.2) is 0 Å². The minimum atomic E-state index is 0.0564. The van der Waals surface area contributed by atoms with Crippen molar-refractivity contribution in [2.75, 3.05) is 34.3 Å². The summed E-state index contributed by atoms with van der Waals surface area (Å²) in [6.07, 6.45) is 0. The predicted molar refractivity (Wildman–Crippen MR) is 93.6 cm³/mol. The maximum absolute atomic E-state index is 5.64. The molecular formula is C17H30N4O. The van der Waals surface area contributed by atoms with Crippen LogP contribution in [0.1, 0.15) is 26.3 Å². The largest absolute Gasteiger partial charge is 0.494 e. The lowest BCUT2D eigenvalue weighted by atomic mass is 10.0. The molecule has 0 atom stereocenters. The zero-order chi connectivity index (χ0) is 16.6. The number of aliphatic imine (C=N–C) groups is 1. The van der Waals surface area contributed by atoms with Gasteiger partial charge in [0.25, 0.3) is 0 Å². The van der Waals surface area contributed by atoms with Gasteiger partial charge in [0.15, 0.2) is 5.96 Å². The lowest BCUT2D eigenvalue weighted by Gasteiger charge is -2.33. The standard InChI is InChI=1S/C17H30N4O/c1-7-22-15-11-9-8-10-14(15)12-19-16(18-4)20-13-17(2,3)21(5)6/h8-11H,7,12-13H2,1-6H3,(H2,18,19,20). The molecule has 0 aliphatic rings. The minimum Gasteiger partial charge on any atom is -0.494 e. The van der Waals surface area contributed by atoms with E-state index in [-0.39, 0.29) is 5.54 Å². The molecule has 124 valence electrons. The second kappa shape index (κ2) is 8.63. The minimum absolute atomic E-state index is 0.0564. The van der Waals surface area contributed by atoms with Gasteiger partial charge in [0.05, 0.1) is 6.61 Å². The summed E-state index contributed by atoms with van der Waals surface area (Å²) in [4.78, 5) is 6.47. The molecule has 0 unspecified atom stereocenters. The van der Waals surface area contributed by atoms with Gasteiger partial charge in [-0.2, -0.15) is 0 Å². The summed E-state index contributed by atoms with van der Waals surface area (Å²) < 4.78 is 5.64. The monoisotopic (exact) mass is 306 g/mol. The maximum atomic E-state index is 5.64. The molecule has 1 aromatic carbocycles. The lowest BCUT2D eigenvalue weighted by molar-refractivity contribution is 0.197. The average molecular weight is 306 g/mol. The van der Waals surface area contributed by atoms with Crippen LogP contribution in [0.5, 0.6) is 5.75 Å². The van der Waals surface area contributed by atoms with Gasteiger partial charge in [0.2, 0.25) is 0 Å². The molecular weight excluding hydrogens is 276 g/mol. The van der Waals surface area contributed by atoms with Gasteiger partial charge in [0.1, 0.15) is 5.75 Å². The Morgan fingerprint density at radius 2 is 1.91 bits per heavy atom. The third-order valence-corrected chi connectivity index (χ3v) is 3.84. The fourth-order valence-electron chi connectivity index (χ4n) is 1.80. The van der Waals surface area contributed by atoms with Crippen LogP contribution in [0.25, 0.3) is 0 Å². The number of nitrogens with one attached hydrogen (secondary N) is 2. The number of ether oxygens (including phenoxy) is 1. The molecule has 0 aliphatic heterocycles. The highest BCUT2D eigenvalue weighted by molar-refractivity contribution is 5.79. The number of guanidine groups is 1. The Labute approximate surface area is 134 Å². The van der Waals surface area contributed by atoms with Gasteiger partial charge in [-0.1, -0.05) is 18.2 Å². The molecule has 0 radical (unpaired) electrons. The Morgan fingerprint density at radius 3 is 2.50 bits per heavy atom. The summed E-state index contributed by atoms with van der Waals surface area (Å²) in [6.45, 7) is 8.54. The molecule has 0 fully saturated rings. The Balaban J connectivity index is 2.58. The van der Waals surface area contributed by atoms with Crippen LogP contribution in [0.2, 0.25) is 0 Å². The number of likely N-dealkylation sites (N-methyl/N-ethyl adjacent to an activating group) is 1. The summed E-state index contributed by atoms with van der Waals surface area (Å²) in [6, 6.07) is 8.06. The van der Waals surface area contributed by atoms with Crippen molar-refractivity contribution in [1.29, 1.82) is 0 Å². The maximum Gasteiger partial charge on any atom is 0.191 e. The number of hydrogen-bond donors (Lipinski definition) is 2. The van der Waals surface area contributed by atoms with Gasteiger partial charge in [-0.3, -0.25) is 4.99 Å². The van der Waals surface area contributed by atoms with Crippen LogP contribution in [0, 0.1) is 0 Å². The molecule has 0 heterocycles. The Hall–Kier alpha value is -1.75. The first-order valence-electron chi connectivity index (χ1n) is 7.73. The van der Waals surface area contributed by atoms with Gasteiger partial charge >= 0.3 is 0 Å². The summed E-state index contributed by atoms with van der Waals surface area (Å²) in [5, 5.41) is 6.71. The fourth-order valence-corrected chi connectivity index (χ4v) is 1.80. The van der Waals surface area contributed by atoms with Crippen molar-refractivity contribution in [3.05, 3.63) is 29.8 Å². The average Bonchev–Trinajstić information content (AvgIpc) is 2.49. The van der Waals surface area contributed by atoms with E-state index in [9.17, 15) is 0 Å². The van der Waals surface area contributed by atoms with Crippen molar-refractivity contribution in [2.45, 2.75) is 32.9 Å². The fraction of sp³-hybridized carbons (Fsp3) is 0.588. The van der Waals surface area contributed by atoms with Crippen LogP contribution in [0.15, 0.2) is 29.3 Å². The molecule has 0 aliphatic carbocycles. The lowest BCUT2D eigenvalue weighted by Crippen LogP contribution is -2.50. The summed E-state index contributed by atoms with van der Waals surface area (Å²) in [5.41, 5.74) is 1.18. The van der Waals surface area contributed by atoms with Gasteiger partial charge < -0.3 is 20.3 Å². The molecule has 0 amide bonds. The zero-order valence-electron chi connectivity index (χ0n) is 14.7. The molecule has 0 aromatic heterocycles. The SMILES string of the molecule is CCOc1ccccc1CNC(=NC)NCC(C)(C)N(C)C. The topological polar surface area (TPSA) is 48.9 Å². The molecule has 0 saturated heterocycles. The second-order valence-corrected chi connectivity index (χ2v) is 6.03. The highest BCUT2D eigenvalue weighted by atomic mass is 16.5. The van der Waals surface area contributed by atoms with Crippen LogP contribution in [-0.2, 0) is 6.54 Å². The predicted octanol–water partition coefficient (Wildman–Crippen LogP) is 2.09. The Morgan fingerprint density at radius 1 is 1.23 bits per heavy atom. The first kappa shape index (κ1) is 18.3. The molecule has 0 saturated carbocycles. The first-order valence-corrected chi connectivity index (χ1v) is 7.73. The van der Waals surface area contributed by atoms with Crippen LogP contribution in [0.4, 0.5) is 0 Å². The van der Waals surface area contributed by atoms with E-state index in [2.05, 4.69) is 54.5 Å². The third-order valence-electron chi connectivity index (χ3n) is 3.84. The number of para-hydroxylation sites is 1. The molecule has 5 heteroatoms. The van der Waals surface area contributed by atoms with E-state index in [1.807, 2.05) is 25.1 Å². The van der Waals surface area contributed by atoms with Crippen molar-refractivity contribution in [3.8, 4) is 5.75 Å². The number of hydrogen-bond acceptors (Lipinski definition) is 3. The second-order valence-electron chi connectivity index (χ2n) is 6.03. The van der Waals surface area contributed by atoms with Gasteiger partial charge in [-0.15, -0.1) is 0 Å². The van der Waals surface area contributed by atoms with E-state index >= 15 is 0 Å². The van der Waals surface area contributed by atoms with Crippen molar-refractivity contribution in [1.82, 2.24) is 15.5 Å². The van der Waals surface area contributed by atoms with Crippen LogP contribution in [0.3, 0.4) is 0 Å². The number of benzene rings is 1. The van der Waals surface area contributed by atoms with E-state index in [1.165, 1.54) is 0 Å². The first-order chi connectivity index (χ1) is 10.4. The zero-order valence-corrected chi connectivity index (χ0v) is 14.7. The van der Waals surface area contributed by atoms with E-state index < -0.39 is 0 Å². The van der Waals surface area contributed by atoms with Crippen molar-refractivity contribution in [3.63, 3.8) is 0 Å². The molecule has 22 heavy (non-hydrogen) atoms. The van der Waals surface area contributed by atoms with Crippen molar-refractivity contribution in [2.24, 2.45) is 4.99 Å². The van der Waals surface area contributed by atoms with Crippen molar-refractivity contribution < 1.29 is 4.74 Å². The molecule has 5 nitrogen and oxygen atoms in total. The van der Waals surface area contributed by atoms with Gasteiger partial charge in [0, 0.05) is 31.2 Å². The van der Waals surface area contributed by atoms with Crippen LogP contribution >= 0.6 is 0 Å². The Bertz CT molecular complexity index is 483. The smallest absolute Gasteiger partial charge is 0.191 e. The van der Waals surface area contributed by atoms with E-state index in [4.69, 9.17) is 4.74 Å². The van der Waals surface area contributed by atoms with Crippen LogP contribution < -0.4 is 15.4 Å². The Kier molecular flexibility index (Phi) is 7.18. The highest BCUT2D eigenvalue weighted by Gasteiger charge is 2.20. The van der Waals surface area contributed by atoms with E-state index in [0.717, 1.165) is 23.8 Å². The molecule has 0 spiro atoms. The summed E-state index contributed by atoms with van der Waals surface area (Å²) in [7, 11) is 5.94. The van der Waals surface area contributed by atoms with E-state index in [0.29, 0.717) is 13.2 Å². The van der Waals surface area contributed by atoms with Crippen molar-refractivity contribution >= 4 is 5.96 Å².